The van der Waals surface area contributed by atoms with E-state index in [9.17, 15) is 5.26 Å². The first-order valence-corrected chi connectivity index (χ1v) is 23.3. The molecule has 1 aliphatic rings. The molecule has 0 N–H and O–H groups in total. The van der Waals surface area contributed by atoms with Crippen LogP contribution in [0.4, 0.5) is 34.1 Å². The average Bonchev–Trinajstić information content (AvgIpc) is 3.89. The van der Waals surface area contributed by atoms with E-state index in [1.54, 1.807) is 0 Å². The number of hydrogen-bond donors (Lipinski definition) is 0. The molecule has 318 valence electrons. The zero-order valence-corrected chi connectivity index (χ0v) is 37.5. The molecular weight excluding hydrogens is 827 g/mol. The van der Waals surface area contributed by atoms with Crippen molar-refractivity contribution in [3.63, 3.8) is 0 Å². The van der Waals surface area contributed by atoms with Crippen LogP contribution in [0.5, 0.6) is 0 Å². The predicted molar refractivity (Wildman–Crippen MR) is 284 cm³/mol. The molecule has 0 radical (unpaired) electrons. The van der Waals surface area contributed by atoms with Crippen molar-refractivity contribution in [2.24, 2.45) is 0 Å². The number of furan rings is 1. The van der Waals surface area contributed by atoms with Gasteiger partial charge in [0, 0.05) is 43.9 Å². The van der Waals surface area contributed by atoms with E-state index in [1.165, 1.54) is 54.2 Å². The van der Waals surface area contributed by atoms with Gasteiger partial charge in [-0.15, -0.1) is 0 Å². The number of benzene rings is 12. The molecule has 0 spiro atoms. The lowest BCUT2D eigenvalue weighted by Crippen LogP contribution is -2.17. The minimum absolute atomic E-state index is 0.190. The first-order valence-electron chi connectivity index (χ1n) is 23.3. The lowest BCUT2D eigenvalue weighted by atomic mass is 9.81. The van der Waals surface area contributed by atoms with Crippen molar-refractivity contribution in [2.45, 2.75) is 19.3 Å². The normalized spacial score (nSPS) is 13.0. The predicted octanol–water partition coefficient (Wildman–Crippen LogP) is 17.9. The Balaban J connectivity index is 1.04. The summed E-state index contributed by atoms with van der Waals surface area (Å²) in [5, 5.41) is 24.3. The molecule has 1 aliphatic carbocycles. The van der Waals surface area contributed by atoms with Crippen LogP contribution in [0.2, 0.25) is 0 Å². The number of anilines is 6. The third-order valence-corrected chi connectivity index (χ3v) is 14.8. The molecule has 4 heteroatoms. The highest BCUT2D eigenvalue weighted by Gasteiger charge is 2.35. The van der Waals surface area contributed by atoms with Gasteiger partial charge in [0.25, 0.3) is 0 Å². The van der Waals surface area contributed by atoms with E-state index in [0.717, 1.165) is 78.0 Å². The van der Waals surface area contributed by atoms with E-state index >= 15 is 0 Å². The lowest BCUT2D eigenvalue weighted by molar-refractivity contribution is 0.663. The zero-order chi connectivity index (χ0) is 45.3. The van der Waals surface area contributed by atoms with Crippen molar-refractivity contribution in [1.82, 2.24) is 0 Å². The third-order valence-electron chi connectivity index (χ3n) is 14.8. The summed E-state index contributed by atoms with van der Waals surface area (Å²) in [4.78, 5) is 4.82. The summed E-state index contributed by atoms with van der Waals surface area (Å²) in [6.07, 6.45) is 0. The van der Waals surface area contributed by atoms with Crippen LogP contribution in [0.15, 0.2) is 217 Å². The maximum atomic E-state index is 9.91. The highest BCUT2D eigenvalue weighted by molar-refractivity contribution is 6.29. The maximum Gasteiger partial charge on any atom is 0.159 e. The minimum Gasteiger partial charge on any atom is -0.454 e. The Morgan fingerprint density at radius 1 is 0.412 bits per heavy atom. The molecular formula is C64H41N3O. The van der Waals surface area contributed by atoms with Crippen LogP contribution in [-0.4, -0.2) is 0 Å². The van der Waals surface area contributed by atoms with E-state index in [1.807, 2.05) is 18.2 Å². The van der Waals surface area contributed by atoms with Gasteiger partial charge in [-0.05, 0) is 127 Å². The Kier molecular flexibility index (Phi) is 8.06. The number of nitriles is 1. The molecule has 0 fully saturated rings. The van der Waals surface area contributed by atoms with Gasteiger partial charge in [0.15, 0.2) is 5.58 Å². The second-order valence-electron chi connectivity index (χ2n) is 18.7. The Hall–Kier alpha value is -8.91. The van der Waals surface area contributed by atoms with Crippen molar-refractivity contribution in [2.75, 3.05) is 9.80 Å². The summed E-state index contributed by atoms with van der Waals surface area (Å²) < 4.78 is 6.83. The Bertz CT molecular complexity index is 4250. The van der Waals surface area contributed by atoms with Crippen LogP contribution in [0.3, 0.4) is 0 Å². The van der Waals surface area contributed by atoms with Crippen molar-refractivity contribution in [3.05, 3.63) is 229 Å². The summed E-state index contributed by atoms with van der Waals surface area (Å²) in [7, 11) is 0. The molecule has 12 aromatic carbocycles. The Morgan fingerprint density at radius 3 is 1.79 bits per heavy atom. The molecule has 1 aromatic heterocycles. The van der Waals surface area contributed by atoms with E-state index < -0.39 is 0 Å². The van der Waals surface area contributed by atoms with Gasteiger partial charge in [-0.3, -0.25) is 0 Å². The number of nitrogens with zero attached hydrogens (tertiary/aromatic N) is 3. The smallest absolute Gasteiger partial charge is 0.159 e. The van der Waals surface area contributed by atoms with Gasteiger partial charge in [0.1, 0.15) is 5.58 Å². The second-order valence-corrected chi connectivity index (χ2v) is 18.7. The van der Waals surface area contributed by atoms with Crippen LogP contribution in [0.1, 0.15) is 30.5 Å². The molecule has 0 saturated carbocycles. The van der Waals surface area contributed by atoms with Crippen LogP contribution < -0.4 is 9.80 Å². The lowest BCUT2D eigenvalue weighted by Gasteiger charge is -2.31. The topological polar surface area (TPSA) is 43.4 Å². The van der Waals surface area contributed by atoms with Crippen molar-refractivity contribution in [3.8, 4) is 17.2 Å². The molecule has 0 aliphatic heterocycles. The fraction of sp³-hybridized carbons (Fsp3) is 0.0469. The molecule has 0 atom stereocenters. The van der Waals surface area contributed by atoms with Gasteiger partial charge in [-0.2, -0.15) is 5.26 Å². The van der Waals surface area contributed by atoms with Gasteiger partial charge in [-0.25, -0.2) is 0 Å². The van der Waals surface area contributed by atoms with Crippen molar-refractivity contribution in [1.29, 1.82) is 5.26 Å². The van der Waals surface area contributed by atoms with Crippen molar-refractivity contribution >= 4 is 110 Å². The number of fused-ring (bicyclic) bond motifs is 3. The molecule has 1 heterocycles. The average molecular weight is 868 g/mol. The van der Waals surface area contributed by atoms with Gasteiger partial charge in [-0.1, -0.05) is 159 Å². The first-order chi connectivity index (χ1) is 33.4. The van der Waals surface area contributed by atoms with Crippen LogP contribution in [-0.2, 0) is 5.41 Å². The summed E-state index contributed by atoms with van der Waals surface area (Å²) in [5.41, 5.74) is 13.3. The van der Waals surface area contributed by atoms with E-state index in [4.69, 9.17) is 4.42 Å². The van der Waals surface area contributed by atoms with Gasteiger partial charge in [0.05, 0.1) is 34.4 Å². The number of hydrogen-bond acceptors (Lipinski definition) is 4. The monoisotopic (exact) mass is 867 g/mol. The molecule has 14 rings (SSSR count). The van der Waals surface area contributed by atoms with E-state index in [2.05, 4.69) is 224 Å². The highest BCUT2D eigenvalue weighted by Crippen LogP contribution is 2.54. The summed E-state index contributed by atoms with van der Waals surface area (Å²) in [5.74, 6) is 0. The summed E-state index contributed by atoms with van der Waals surface area (Å²) in [6.45, 7) is 4.72. The fourth-order valence-corrected chi connectivity index (χ4v) is 11.6. The minimum atomic E-state index is -0.190. The van der Waals surface area contributed by atoms with Crippen LogP contribution in [0, 0.1) is 11.3 Å². The zero-order valence-electron chi connectivity index (χ0n) is 37.5. The molecule has 0 amide bonds. The van der Waals surface area contributed by atoms with Gasteiger partial charge in [0.2, 0.25) is 0 Å². The Labute approximate surface area is 393 Å². The third kappa shape index (κ3) is 5.42. The van der Waals surface area contributed by atoms with Crippen molar-refractivity contribution < 1.29 is 4.42 Å². The van der Waals surface area contributed by atoms with Crippen LogP contribution >= 0.6 is 0 Å². The van der Waals surface area contributed by atoms with Gasteiger partial charge < -0.3 is 14.2 Å². The van der Waals surface area contributed by atoms with Crippen LogP contribution in [0.25, 0.3) is 86.9 Å². The molecule has 0 saturated heterocycles. The quantitative estimate of drug-likeness (QED) is 0.150. The largest absolute Gasteiger partial charge is 0.454 e. The maximum absolute atomic E-state index is 9.91. The number of para-hydroxylation sites is 3. The van der Waals surface area contributed by atoms with Gasteiger partial charge >= 0.3 is 0 Å². The molecule has 0 bridgehead atoms. The molecule has 13 aromatic rings. The second kappa shape index (κ2) is 14.3. The fourth-order valence-electron chi connectivity index (χ4n) is 11.6. The van der Waals surface area contributed by atoms with E-state index in [0.29, 0.717) is 5.56 Å². The summed E-state index contributed by atoms with van der Waals surface area (Å²) in [6, 6.07) is 78.9. The standard InChI is InChI=1S/C64H41N3O/c1-64(2)52-18-10-14-41-24-25-44-36-46(37-53(64)62(44)61(41)52)66(45-30-22-39(38-65)23-31-45)55-34-28-42-27-33-51-56(35-29-43-26-32-50(55)59(42)60(43)51)67(54-19-8-6-15-47(54)40-12-4-3-5-13-40)57-20-11-17-49-48-16-7-9-21-58(48)68-63(49)57/h3-37H,1-2H3. The summed E-state index contributed by atoms with van der Waals surface area (Å²) >= 11 is 0. The highest BCUT2D eigenvalue weighted by atomic mass is 16.3. The SMILES string of the molecule is CC1(C)c2cccc3ccc4cc(N(c5ccc(C#N)cc5)c5ccc6ccc7c(N(c8ccccc8-c8ccccc8)c8cccc9c8oc8ccccc89)ccc8ccc5c6c87)cc1c4c23. The molecule has 4 nitrogen and oxygen atoms in total. The Morgan fingerprint density at radius 2 is 1.01 bits per heavy atom. The number of rotatable bonds is 7. The molecule has 68 heavy (non-hydrogen) atoms. The molecule has 0 unspecified atom stereocenters. The first kappa shape index (κ1) is 38.4. The van der Waals surface area contributed by atoms with E-state index in [-0.39, 0.29) is 5.41 Å².